The molecule has 138 valence electrons. The fourth-order valence-electron chi connectivity index (χ4n) is 7.96. The van der Waals surface area contributed by atoms with Crippen molar-refractivity contribution in [3.8, 4) is 0 Å². The van der Waals surface area contributed by atoms with Gasteiger partial charge >= 0.3 is 5.97 Å². The van der Waals surface area contributed by atoms with Crippen LogP contribution in [0.25, 0.3) is 0 Å². The van der Waals surface area contributed by atoms with Crippen LogP contribution >= 0.6 is 0 Å². The van der Waals surface area contributed by atoms with E-state index in [1.165, 1.54) is 18.4 Å². The van der Waals surface area contributed by atoms with Gasteiger partial charge in [-0.05, 0) is 68.3 Å². The van der Waals surface area contributed by atoms with Gasteiger partial charge in [0.25, 0.3) is 0 Å². The number of ketones is 1. The van der Waals surface area contributed by atoms with Crippen molar-refractivity contribution in [1.29, 1.82) is 0 Å². The number of hydrogen-bond donors (Lipinski definition) is 0. The lowest BCUT2D eigenvalue weighted by Gasteiger charge is -2.54. The number of fused-ring (bicyclic) bond motifs is 9. The van der Waals surface area contributed by atoms with Crippen molar-refractivity contribution in [2.75, 3.05) is 0 Å². The Morgan fingerprint density at radius 1 is 1.08 bits per heavy atom. The van der Waals surface area contributed by atoms with E-state index in [2.05, 4.69) is 19.9 Å². The Hall–Kier alpha value is -1.38. The summed E-state index contributed by atoms with van der Waals surface area (Å²) < 4.78 is 6.03. The van der Waals surface area contributed by atoms with E-state index in [0.717, 1.165) is 31.6 Å². The fraction of sp³-hybridized carbons (Fsp3) is 0.739. The van der Waals surface area contributed by atoms with E-state index in [1.807, 2.05) is 6.08 Å². The molecule has 3 saturated carbocycles. The summed E-state index contributed by atoms with van der Waals surface area (Å²) >= 11 is 0. The molecule has 0 radical (unpaired) electrons. The highest BCUT2D eigenvalue weighted by atomic mass is 16.6. The van der Waals surface area contributed by atoms with Gasteiger partial charge in [-0.3, -0.25) is 9.59 Å². The SMILES string of the molecule is CC12CCC(=O)C=C1C1CC1C1C2=CCC2(C)C1CC[C@@]21CCC(=O)O1. The van der Waals surface area contributed by atoms with Crippen LogP contribution in [0.2, 0.25) is 0 Å². The Balaban J connectivity index is 1.46. The highest BCUT2D eigenvalue weighted by Gasteiger charge is 2.69. The summed E-state index contributed by atoms with van der Waals surface area (Å²) in [5, 5.41) is 0. The monoisotopic (exact) mass is 352 g/mol. The van der Waals surface area contributed by atoms with Crippen LogP contribution in [0.4, 0.5) is 0 Å². The smallest absolute Gasteiger partial charge is 0.306 e. The summed E-state index contributed by atoms with van der Waals surface area (Å²) in [6.07, 6.45) is 12.3. The van der Waals surface area contributed by atoms with Crippen molar-refractivity contribution >= 4 is 11.8 Å². The maximum atomic E-state index is 12.1. The third-order valence-electron chi connectivity index (χ3n) is 9.46. The molecule has 1 aliphatic heterocycles. The minimum atomic E-state index is -0.208. The first-order chi connectivity index (χ1) is 12.4. The molecule has 1 spiro atoms. The molecule has 0 aromatic heterocycles. The topological polar surface area (TPSA) is 43.4 Å². The lowest BCUT2D eigenvalue weighted by atomic mass is 9.50. The Kier molecular flexibility index (Phi) is 2.73. The van der Waals surface area contributed by atoms with Crippen LogP contribution in [0.1, 0.15) is 65.2 Å². The molecule has 7 atom stereocenters. The summed E-state index contributed by atoms with van der Waals surface area (Å²) in [6, 6.07) is 0. The molecular weight excluding hydrogens is 324 g/mol. The molecule has 26 heavy (non-hydrogen) atoms. The molecule has 0 amide bonds. The minimum Gasteiger partial charge on any atom is -0.458 e. The molecule has 1 heterocycles. The van der Waals surface area contributed by atoms with Gasteiger partial charge in [0.1, 0.15) is 5.60 Å². The maximum Gasteiger partial charge on any atom is 0.306 e. The van der Waals surface area contributed by atoms with Gasteiger partial charge in [-0.25, -0.2) is 0 Å². The third-order valence-corrected chi connectivity index (χ3v) is 9.46. The van der Waals surface area contributed by atoms with E-state index in [0.29, 0.717) is 36.4 Å². The van der Waals surface area contributed by atoms with Crippen LogP contribution in [-0.4, -0.2) is 17.4 Å². The minimum absolute atomic E-state index is 0.0116. The normalized spacial score (nSPS) is 53.9. The van der Waals surface area contributed by atoms with E-state index < -0.39 is 0 Å². The van der Waals surface area contributed by atoms with Gasteiger partial charge in [0.2, 0.25) is 0 Å². The number of carbonyl (C=O) groups is 2. The van der Waals surface area contributed by atoms with E-state index in [4.69, 9.17) is 4.74 Å². The van der Waals surface area contributed by atoms with Crippen LogP contribution in [0, 0.1) is 34.5 Å². The highest BCUT2D eigenvalue weighted by Crippen LogP contribution is 2.74. The maximum absolute atomic E-state index is 12.1. The highest BCUT2D eigenvalue weighted by molar-refractivity contribution is 5.92. The van der Waals surface area contributed by atoms with Gasteiger partial charge in [-0.15, -0.1) is 0 Å². The van der Waals surface area contributed by atoms with Gasteiger partial charge in [0.15, 0.2) is 5.78 Å². The number of ether oxygens (including phenoxy) is 1. The molecule has 0 aromatic carbocycles. The van der Waals surface area contributed by atoms with Gasteiger partial charge in [0.05, 0.1) is 0 Å². The molecular formula is C23H28O3. The number of allylic oxidation sites excluding steroid dienone is 4. The van der Waals surface area contributed by atoms with Gasteiger partial charge in [0, 0.05) is 23.7 Å². The third kappa shape index (κ3) is 1.63. The first-order valence-electron chi connectivity index (χ1n) is 10.6. The van der Waals surface area contributed by atoms with Crippen LogP contribution in [0.15, 0.2) is 23.3 Å². The van der Waals surface area contributed by atoms with Crippen molar-refractivity contribution in [3.63, 3.8) is 0 Å². The summed E-state index contributed by atoms with van der Waals surface area (Å²) in [5.41, 5.74) is 3.09. The lowest BCUT2D eigenvalue weighted by Crippen LogP contribution is -2.51. The zero-order valence-corrected chi connectivity index (χ0v) is 15.8. The number of esters is 1. The standard InChI is InChI=1S/C23H28O3/c1-21-7-3-13(24)11-18(21)14-12-15(14)20-16(21)4-8-22(2)17(20)5-9-23(22)10-6-19(25)26-23/h4,11,14-15,17,20H,3,5-10,12H2,1-2H3/t14?,15?,17?,20?,21?,22?,23-/m1/s1. The average Bonchev–Trinajstić information content (AvgIpc) is 3.23. The molecule has 6 aliphatic rings. The molecule has 6 unspecified atom stereocenters. The number of hydrogen-bond acceptors (Lipinski definition) is 3. The number of rotatable bonds is 0. The summed E-state index contributed by atoms with van der Waals surface area (Å²) in [6.45, 7) is 4.81. The Labute approximate surface area is 155 Å². The molecule has 0 bridgehead atoms. The lowest BCUT2D eigenvalue weighted by molar-refractivity contribution is -0.160. The predicted octanol–water partition coefficient (Wildman–Crippen LogP) is 4.37. The average molecular weight is 352 g/mol. The second-order valence-electron chi connectivity index (χ2n) is 10.3. The molecule has 0 aromatic rings. The van der Waals surface area contributed by atoms with E-state index in [-0.39, 0.29) is 22.4 Å². The van der Waals surface area contributed by atoms with E-state index >= 15 is 0 Å². The van der Waals surface area contributed by atoms with Gasteiger partial charge < -0.3 is 4.74 Å². The zero-order chi connectivity index (χ0) is 17.9. The van der Waals surface area contributed by atoms with Crippen LogP contribution in [0.3, 0.4) is 0 Å². The van der Waals surface area contributed by atoms with Crippen molar-refractivity contribution in [2.24, 2.45) is 34.5 Å². The van der Waals surface area contributed by atoms with Crippen molar-refractivity contribution in [3.05, 3.63) is 23.3 Å². The summed E-state index contributed by atoms with van der Waals surface area (Å²) in [5.74, 6) is 2.99. The second kappa shape index (κ2) is 4.54. The first kappa shape index (κ1) is 15.7. The molecule has 5 aliphatic carbocycles. The van der Waals surface area contributed by atoms with Crippen molar-refractivity contribution in [1.82, 2.24) is 0 Å². The molecule has 6 rings (SSSR count). The fourth-order valence-corrected chi connectivity index (χ4v) is 7.96. The second-order valence-corrected chi connectivity index (χ2v) is 10.3. The quantitative estimate of drug-likeness (QED) is 0.480. The molecule has 3 nitrogen and oxygen atoms in total. The van der Waals surface area contributed by atoms with Crippen LogP contribution in [-0.2, 0) is 14.3 Å². The Bertz CT molecular complexity index is 806. The first-order valence-corrected chi connectivity index (χ1v) is 10.6. The zero-order valence-electron chi connectivity index (χ0n) is 15.8. The van der Waals surface area contributed by atoms with Crippen LogP contribution < -0.4 is 0 Å². The predicted molar refractivity (Wildman–Crippen MR) is 97.1 cm³/mol. The molecule has 3 heteroatoms. The van der Waals surface area contributed by atoms with Crippen molar-refractivity contribution < 1.29 is 14.3 Å². The number of carbonyl (C=O) groups excluding carboxylic acids is 2. The summed E-state index contributed by atoms with van der Waals surface area (Å²) in [7, 11) is 0. The Morgan fingerprint density at radius 2 is 1.92 bits per heavy atom. The molecule has 4 fully saturated rings. The van der Waals surface area contributed by atoms with E-state index in [9.17, 15) is 9.59 Å². The van der Waals surface area contributed by atoms with Crippen molar-refractivity contribution in [2.45, 2.75) is 70.8 Å². The summed E-state index contributed by atoms with van der Waals surface area (Å²) in [4.78, 5) is 24.0. The Morgan fingerprint density at radius 3 is 2.69 bits per heavy atom. The largest absolute Gasteiger partial charge is 0.458 e. The van der Waals surface area contributed by atoms with Gasteiger partial charge in [-0.1, -0.05) is 31.1 Å². The molecule has 0 N–H and O–H groups in total. The van der Waals surface area contributed by atoms with Gasteiger partial charge in [-0.2, -0.15) is 0 Å². The molecule has 1 saturated heterocycles. The van der Waals surface area contributed by atoms with E-state index in [1.54, 1.807) is 5.57 Å². The van der Waals surface area contributed by atoms with Crippen LogP contribution in [0.5, 0.6) is 0 Å².